The van der Waals surface area contributed by atoms with Crippen LogP contribution < -0.4 is 0 Å². The summed E-state index contributed by atoms with van der Waals surface area (Å²) in [7, 11) is 0. The molecule has 0 saturated carbocycles. The van der Waals surface area contributed by atoms with Gasteiger partial charge in [0.15, 0.2) is 0 Å². The number of benzene rings is 3. The van der Waals surface area contributed by atoms with E-state index in [1.807, 2.05) is 42.5 Å². The lowest BCUT2D eigenvalue weighted by molar-refractivity contribution is -0.0293. The second kappa shape index (κ2) is 13.9. The van der Waals surface area contributed by atoms with E-state index in [-0.39, 0.29) is 17.8 Å². The van der Waals surface area contributed by atoms with E-state index in [2.05, 4.69) is 62.4 Å². The third kappa shape index (κ3) is 8.77. The highest BCUT2D eigenvalue weighted by Gasteiger charge is 2.30. The Hall–Kier alpha value is -2.46. The molecule has 0 amide bonds. The van der Waals surface area contributed by atoms with Crippen molar-refractivity contribution in [1.82, 2.24) is 0 Å². The van der Waals surface area contributed by atoms with Crippen molar-refractivity contribution in [3.8, 4) is 0 Å². The van der Waals surface area contributed by atoms with Gasteiger partial charge in [0.25, 0.3) is 0 Å². The summed E-state index contributed by atoms with van der Waals surface area (Å²) >= 11 is 0. The molecule has 4 atom stereocenters. The number of aryl methyl sites for hydroxylation is 1. The van der Waals surface area contributed by atoms with Gasteiger partial charge >= 0.3 is 0 Å². The lowest BCUT2D eigenvalue weighted by Gasteiger charge is -2.33. The fraction of sp³-hybridized carbons (Fsp3) is 0.400. The minimum absolute atomic E-state index is 0.0975. The highest BCUT2D eigenvalue weighted by Crippen LogP contribution is 2.29. The van der Waals surface area contributed by atoms with Crippen molar-refractivity contribution in [3.63, 3.8) is 0 Å². The minimum Gasteiger partial charge on any atom is -0.393 e. The number of hydrogen-bond donors (Lipinski definition) is 1. The molecule has 0 aliphatic carbocycles. The molecule has 3 nitrogen and oxygen atoms in total. The number of aliphatic hydroxyl groups is 1. The van der Waals surface area contributed by atoms with Crippen molar-refractivity contribution < 1.29 is 14.6 Å². The standard InChI is InChI=1S/C30H38O3/c1-24(20-32-22-27-14-8-4-9-15-27)30(29(31)19-18-26-12-6-3-7-13-26)25(2)21-33-23-28-16-10-5-11-17-28/h3-17,24-25,29-31H,18-23H2,1-2H3/t24-,25+,29-,30?/m1/s1. The summed E-state index contributed by atoms with van der Waals surface area (Å²) in [6.07, 6.45) is 1.20. The highest BCUT2D eigenvalue weighted by molar-refractivity contribution is 5.15. The molecule has 3 aromatic carbocycles. The van der Waals surface area contributed by atoms with Crippen molar-refractivity contribution >= 4 is 0 Å². The van der Waals surface area contributed by atoms with Gasteiger partial charge in [0.2, 0.25) is 0 Å². The van der Waals surface area contributed by atoms with E-state index in [0.717, 1.165) is 12.8 Å². The van der Waals surface area contributed by atoms with Crippen LogP contribution in [0.3, 0.4) is 0 Å². The third-order valence-electron chi connectivity index (χ3n) is 6.31. The van der Waals surface area contributed by atoms with E-state index < -0.39 is 6.10 Å². The van der Waals surface area contributed by atoms with E-state index in [1.165, 1.54) is 16.7 Å². The van der Waals surface area contributed by atoms with Gasteiger partial charge in [-0.25, -0.2) is 0 Å². The first-order chi connectivity index (χ1) is 16.1. The van der Waals surface area contributed by atoms with E-state index >= 15 is 0 Å². The normalized spacial score (nSPS) is 15.0. The lowest BCUT2D eigenvalue weighted by Crippen LogP contribution is -2.36. The molecule has 0 aliphatic rings. The summed E-state index contributed by atoms with van der Waals surface area (Å²) in [5.74, 6) is 0.532. The van der Waals surface area contributed by atoms with Crippen molar-refractivity contribution in [2.75, 3.05) is 13.2 Å². The van der Waals surface area contributed by atoms with E-state index in [9.17, 15) is 5.11 Å². The predicted molar refractivity (Wildman–Crippen MR) is 135 cm³/mol. The second-order valence-electron chi connectivity index (χ2n) is 9.12. The molecule has 0 saturated heterocycles. The van der Waals surface area contributed by atoms with Crippen molar-refractivity contribution in [1.29, 1.82) is 0 Å². The van der Waals surface area contributed by atoms with Crippen LogP contribution >= 0.6 is 0 Å². The first-order valence-corrected chi connectivity index (χ1v) is 12.1. The van der Waals surface area contributed by atoms with Crippen molar-refractivity contribution in [3.05, 3.63) is 108 Å². The maximum atomic E-state index is 11.2. The zero-order chi connectivity index (χ0) is 23.3. The van der Waals surface area contributed by atoms with Gasteiger partial charge in [-0.2, -0.15) is 0 Å². The molecule has 3 heteroatoms. The Morgan fingerprint density at radius 1 is 0.606 bits per heavy atom. The van der Waals surface area contributed by atoms with Crippen LogP contribution in [0.5, 0.6) is 0 Å². The lowest BCUT2D eigenvalue weighted by atomic mass is 9.78. The molecule has 1 N–H and O–H groups in total. The van der Waals surface area contributed by atoms with E-state index in [1.54, 1.807) is 0 Å². The van der Waals surface area contributed by atoms with Crippen LogP contribution in [0.1, 0.15) is 37.0 Å². The van der Waals surface area contributed by atoms with Crippen LogP contribution in [0.15, 0.2) is 91.0 Å². The van der Waals surface area contributed by atoms with Gasteiger partial charge in [-0.05, 0) is 47.3 Å². The summed E-state index contributed by atoms with van der Waals surface area (Å²) in [4.78, 5) is 0. The van der Waals surface area contributed by atoms with E-state index in [4.69, 9.17) is 9.47 Å². The monoisotopic (exact) mass is 446 g/mol. The molecule has 3 rings (SSSR count). The Labute approximate surface area is 199 Å². The van der Waals surface area contributed by atoms with Crippen LogP contribution in [-0.2, 0) is 29.1 Å². The van der Waals surface area contributed by atoms with Crippen LogP contribution in [0.4, 0.5) is 0 Å². The van der Waals surface area contributed by atoms with Crippen LogP contribution in [0, 0.1) is 17.8 Å². The first-order valence-electron chi connectivity index (χ1n) is 12.1. The molecular weight excluding hydrogens is 408 g/mol. The predicted octanol–water partition coefficient (Wildman–Crippen LogP) is 6.30. The number of ether oxygens (including phenoxy) is 2. The van der Waals surface area contributed by atoms with Gasteiger partial charge in [-0.3, -0.25) is 0 Å². The molecule has 0 bridgehead atoms. The fourth-order valence-electron chi connectivity index (χ4n) is 4.57. The maximum absolute atomic E-state index is 11.2. The third-order valence-corrected chi connectivity index (χ3v) is 6.31. The zero-order valence-corrected chi connectivity index (χ0v) is 20.0. The van der Waals surface area contributed by atoms with E-state index in [0.29, 0.717) is 26.4 Å². The molecule has 0 heterocycles. The smallest absolute Gasteiger partial charge is 0.0717 e. The summed E-state index contributed by atoms with van der Waals surface area (Å²) in [5, 5.41) is 11.2. The average molecular weight is 447 g/mol. The molecule has 0 fully saturated rings. The minimum atomic E-state index is -0.407. The van der Waals surface area contributed by atoms with Gasteiger partial charge in [0.05, 0.1) is 19.3 Å². The van der Waals surface area contributed by atoms with Crippen LogP contribution in [-0.4, -0.2) is 24.4 Å². The first kappa shape index (κ1) is 25.2. The maximum Gasteiger partial charge on any atom is 0.0717 e. The number of rotatable bonds is 14. The molecule has 0 aromatic heterocycles. The van der Waals surface area contributed by atoms with Crippen molar-refractivity contribution in [2.45, 2.75) is 46.0 Å². The van der Waals surface area contributed by atoms with Gasteiger partial charge < -0.3 is 14.6 Å². The van der Waals surface area contributed by atoms with Crippen molar-refractivity contribution in [2.24, 2.45) is 17.8 Å². The Kier molecular flexibility index (Phi) is 10.6. The Balaban J connectivity index is 1.56. The van der Waals surface area contributed by atoms with Gasteiger partial charge in [-0.1, -0.05) is 105 Å². The molecule has 0 aliphatic heterocycles. The highest BCUT2D eigenvalue weighted by atomic mass is 16.5. The molecule has 1 unspecified atom stereocenters. The van der Waals surface area contributed by atoms with Crippen LogP contribution in [0.2, 0.25) is 0 Å². The quantitative estimate of drug-likeness (QED) is 0.316. The largest absolute Gasteiger partial charge is 0.393 e. The molecule has 33 heavy (non-hydrogen) atoms. The number of aliphatic hydroxyl groups excluding tert-OH is 1. The molecule has 0 radical (unpaired) electrons. The van der Waals surface area contributed by atoms with Gasteiger partial charge in [0, 0.05) is 13.2 Å². The second-order valence-corrected chi connectivity index (χ2v) is 9.12. The Morgan fingerprint density at radius 3 is 1.42 bits per heavy atom. The summed E-state index contributed by atoms with van der Waals surface area (Å²) in [6, 6.07) is 30.9. The molecular formula is C30H38O3. The van der Waals surface area contributed by atoms with Crippen LogP contribution in [0.25, 0.3) is 0 Å². The summed E-state index contributed by atoms with van der Waals surface area (Å²) in [5.41, 5.74) is 3.60. The number of hydrogen-bond acceptors (Lipinski definition) is 3. The Morgan fingerprint density at radius 2 is 1.00 bits per heavy atom. The fourth-order valence-corrected chi connectivity index (χ4v) is 4.57. The molecule has 176 valence electrons. The topological polar surface area (TPSA) is 38.7 Å². The molecule has 3 aromatic rings. The van der Waals surface area contributed by atoms with Gasteiger partial charge in [-0.15, -0.1) is 0 Å². The zero-order valence-electron chi connectivity index (χ0n) is 20.0. The summed E-state index contributed by atoms with van der Waals surface area (Å²) < 4.78 is 12.1. The SMILES string of the molecule is C[C@H](COCc1ccccc1)C([C@H](O)CCc1ccccc1)[C@@H](C)COCc1ccccc1. The summed E-state index contributed by atoms with van der Waals surface area (Å²) in [6.45, 7) is 6.80. The average Bonchev–Trinajstić information content (AvgIpc) is 2.85. The van der Waals surface area contributed by atoms with Gasteiger partial charge in [0.1, 0.15) is 0 Å². The molecule has 0 spiro atoms. The Bertz CT molecular complexity index is 831.